The number of aryl methyl sites for hydroxylation is 1. The molecule has 2 aromatic rings. The molecule has 1 saturated carbocycles. The van der Waals surface area contributed by atoms with Crippen LogP contribution in [0.2, 0.25) is 0 Å². The van der Waals surface area contributed by atoms with E-state index in [-0.39, 0.29) is 22.8 Å². The van der Waals surface area contributed by atoms with Gasteiger partial charge in [-0.25, -0.2) is 8.42 Å². The SMILES string of the molecule is COc1ccc(S(=O)(=O)N2CCC(C(=O)N[C@@H](c3ccc(C)cc3)C3CC3)CC2)cc1. The molecule has 7 heteroatoms. The number of methoxy groups -OCH3 is 1. The van der Waals surface area contributed by atoms with Gasteiger partial charge < -0.3 is 10.1 Å². The molecule has 0 bridgehead atoms. The lowest BCUT2D eigenvalue weighted by atomic mass is 9.95. The van der Waals surface area contributed by atoms with Crippen LogP contribution in [-0.4, -0.2) is 38.8 Å². The molecule has 166 valence electrons. The van der Waals surface area contributed by atoms with Crippen LogP contribution in [0.25, 0.3) is 0 Å². The number of amides is 1. The van der Waals surface area contributed by atoms with Crippen LogP contribution in [0, 0.1) is 18.8 Å². The lowest BCUT2D eigenvalue weighted by molar-refractivity contribution is -0.127. The number of rotatable bonds is 7. The molecule has 2 aromatic carbocycles. The van der Waals surface area contributed by atoms with Crippen molar-refractivity contribution in [2.24, 2.45) is 11.8 Å². The molecule has 0 unspecified atom stereocenters. The Morgan fingerprint density at radius 2 is 1.61 bits per heavy atom. The second-order valence-electron chi connectivity index (χ2n) is 8.59. The van der Waals surface area contributed by atoms with Crippen LogP contribution in [0.5, 0.6) is 5.75 Å². The summed E-state index contributed by atoms with van der Waals surface area (Å²) < 4.78 is 32.5. The van der Waals surface area contributed by atoms with Gasteiger partial charge in [-0.15, -0.1) is 0 Å². The normalized spacial score (nSPS) is 19.0. The predicted octanol–water partition coefficient (Wildman–Crippen LogP) is 3.67. The number of piperidine rings is 1. The van der Waals surface area contributed by atoms with Crippen LogP contribution in [0.3, 0.4) is 0 Å². The van der Waals surface area contributed by atoms with Gasteiger partial charge in [0.25, 0.3) is 0 Å². The van der Waals surface area contributed by atoms with Crippen LogP contribution in [-0.2, 0) is 14.8 Å². The Labute approximate surface area is 184 Å². The average Bonchev–Trinajstić information content (AvgIpc) is 3.63. The fourth-order valence-electron chi connectivity index (χ4n) is 4.20. The van der Waals surface area contributed by atoms with Crippen molar-refractivity contribution in [1.29, 1.82) is 0 Å². The number of ether oxygens (including phenoxy) is 1. The smallest absolute Gasteiger partial charge is 0.243 e. The van der Waals surface area contributed by atoms with E-state index in [1.807, 2.05) is 0 Å². The Kier molecular flexibility index (Phi) is 6.34. The Morgan fingerprint density at radius 3 is 2.16 bits per heavy atom. The van der Waals surface area contributed by atoms with E-state index in [0.29, 0.717) is 37.6 Å². The maximum absolute atomic E-state index is 13.0. The van der Waals surface area contributed by atoms with Crippen molar-refractivity contribution in [3.05, 3.63) is 59.7 Å². The monoisotopic (exact) mass is 442 g/mol. The minimum Gasteiger partial charge on any atom is -0.497 e. The fourth-order valence-corrected chi connectivity index (χ4v) is 5.67. The summed E-state index contributed by atoms with van der Waals surface area (Å²) in [6.07, 6.45) is 3.34. The Hall–Kier alpha value is -2.38. The highest BCUT2D eigenvalue weighted by molar-refractivity contribution is 7.89. The average molecular weight is 443 g/mol. The molecule has 0 radical (unpaired) electrons. The van der Waals surface area contributed by atoms with E-state index >= 15 is 0 Å². The summed E-state index contributed by atoms with van der Waals surface area (Å²) in [6.45, 7) is 2.76. The van der Waals surface area contributed by atoms with Gasteiger partial charge in [0.15, 0.2) is 0 Å². The first-order chi connectivity index (χ1) is 14.9. The second-order valence-corrected chi connectivity index (χ2v) is 10.5. The first kappa shape index (κ1) is 21.8. The highest BCUT2D eigenvalue weighted by Gasteiger charge is 2.36. The standard InChI is InChI=1S/C24H30N2O4S/c1-17-3-5-18(6-4-17)23(19-7-8-19)25-24(27)20-13-15-26(16-14-20)31(28,29)22-11-9-21(30-2)10-12-22/h3-6,9-12,19-20,23H,7-8,13-16H2,1-2H3,(H,25,27)/t23-/m0/s1. The van der Waals surface area contributed by atoms with Gasteiger partial charge in [0.05, 0.1) is 18.0 Å². The van der Waals surface area contributed by atoms with Crippen LogP contribution >= 0.6 is 0 Å². The number of hydrogen-bond acceptors (Lipinski definition) is 4. The molecule has 1 heterocycles. The van der Waals surface area contributed by atoms with E-state index < -0.39 is 10.0 Å². The minimum absolute atomic E-state index is 0.0407. The van der Waals surface area contributed by atoms with Gasteiger partial charge in [-0.2, -0.15) is 4.31 Å². The van der Waals surface area contributed by atoms with Crippen molar-refractivity contribution in [1.82, 2.24) is 9.62 Å². The number of benzene rings is 2. The van der Waals surface area contributed by atoms with Crippen molar-refractivity contribution in [3.63, 3.8) is 0 Å². The van der Waals surface area contributed by atoms with Gasteiger partial charge in [-0.3, -0.25) is 4.79 Å². The Morgan fingerprint density at radius 1 is 1.00 bits per heavy atom. The molecule has 4 rings (SSSR count). The van der Waals surface area contributed by atoms with Gasteiger partial charge >= 0.3 is 0 Å². The summed E-state index contributed by atoms with van der Waals surface area (Å²) in [5.74, 6) is 1.00. The topological polar surface area (TPSA) is 75.7 Å². The quantitative estimate of drug-likeness (QED) is 0.710. The molecule has 0 aromatic heterocycles. The maximum atomic E-state index is 13.0. The van der Waals surface area contributed by atoms with E-state index in [1.54, 1.807) is 31.4 Å². The van der Waals surface area contributed by atoms with Crippen molar-refractivity contribution >= 4 is 15.9 Å². The minimum atomic E-state index is -3.56. The van der Waals surface area contributed by atoms with Gasteiger partial charge in [0.2, 0.25) is 15.9 Å². The van der Waals surface area contributed by atoms with Crippen molar-refractivity contribution in [3.8, 4) is 5.75 Å². The third-order valence-corrected chi connectivity index (χ3v) is 8.26. The number of sulfonamides is 1. The molecule has 2 fully saturated rings. The molecule has 1 aliphatic carbocycles. The van der Waals surface area contributed by atoms with E-state index in [1.165, 1.54) is 9.87 Å². The zero-order chi connectivity index (χ0) is 22.0. The van der Waals surface area contributed by atoms with E-state index in [2.05, 4.69) is 36.5 Å². The largest absolute Gasteiger partial charge is 0.497 e. The van der Waals surface area contributed by atoms with Crippen LogP contribution in [0.15, 0.2) is 53.4 Å². The van der Waals surface area contributed by atoms with Gasteiger partial charge in [-0.05, 0) is 68.4 Å². The van der Waals surface area contributed by atoms with Crippen LogP contribution < -0.4 is 10.1 Å². The second kappa shape index (κ2) is 9.01. The Balaban J connectivity index is 1.37. The molecule has 1 atom stereocenters. The lowest BCUT2D eigenvalue weighted by Crippen LogP contribution is -2.43. The zero-order valence-electron chi connectivity index (χ0n) is 18.1. The molecule has 1 amide bonds. The van der Waals surface area contributed by atoms with Crippen molar-refractivity contribution < 1.29 is 17.9 Å². The van der Waals surface area contributed by atoms with E-state index in [0.717, 1.165) is 18.4 Å². The molecule has 0 spiro atoms. The zero-order valence-corrected chi connectivity index (χ0v) is 18.9. The number of hydrogen-bond donors (Lipinski definition) is 1. The van der Waals surface area contributed by atoms with E-state index in [4.69, 9.17) is 4.74 Å². The highest BCUT2D eigenvalue weighted by atomic mass is 32.2. The van der Waals surface area contributed by atoms with Gasteiger partial charge in [-0.1, -0.05) is 29.8 Å². The summed E-state index contributed by atoms with van der Waals surface area (Å²) in [6, 6.07) is 14.8. The molecule has 1 N–H and O–H groups in total. The first-order valence-electron chi connectivity index (χ1n) is 10.9. The van der Waals surface area contributed by atoms with Crippen molar-refractivity contribution in [2.45, 2.75) is 43.5 Å². The molecule has 6 nitrogen and oxygen atoms in total. The van der Waals surface area contributed by atoms with Crippen molar-refractivity contribution in [2.75, 3.05) is 20.2 Å². The maximum Gasteiger partial charge on any atom is 0.243 e. The molecular weight excluding hydrogens is 412 g/mol. The van der Waals surface area contributed by atoms with Gasteiger partial charge in [0, 0.05) is 19.0 Å². The highest BCUT2D eigenvalue weighted by Crippen LogP contribution is 2.41. The fraction of sp³-hybridized carbons (Fsp3) is 0.458. The first-order valence-corrected chi connectivity index (χ1v) is 12.3. The summed E-state index contributed by atoms with van der Waals surface area (Å²) in [5, 5.41) is 3.26. The summed E-state index contributed by atoms with van der Waals surface area (Å²) in [7, 11) is -2.02. The molecule has 31 heavy (non-hydrogen) atoms. The third kappa shape index (κ3) is 4.93. The molecule has 2 aliphatic rings. The predicted molar refractivity (Wildman–Crippen MR) is 119 cm³/mol. The number of nitrogens with one attached hydrogen (secondary N) is 1. The number of carbonyl (C=O) groups is 1. The third-order valence-electron chi connectivity index (χ3n) is 6.35. The summed E-state index contributed by atoms with van der Waals surface area (Å²) >= 11 is 0. The summed E-state index contributed by atoms with van der Waals surface area (Å²) in [5.41, 5.74) is 2.36. The van der Waals surface area contributed by atoms with Gasteiger partial charge in [0.1, 0.15) is 5.75 Å². The van der Waals surface area contributed by atoms with E-state index in [9.17, 15) is 13.2 Å². The molecule has 1 aliphatic heterocycles. The molecular formula is C24H30N2O4S. The lowest BCUT2D eigenvalue weighted by Gasteiger charge is -2.31. The summed E-state index contributed by atoms with van der Waals surface area (Å²) in [4.78, 5) is 13.2. The molecule has 1 saturated heterocycles. The number of carbonyl (C=O) groups excluding carboxylic acids is 1. The van der Waals surface area contributed by atoms with Crippen LogP contribution in [0.4, 0.5) is 0 Å². The van der Waals surface area contributed by atoms with Crippen LogP contribution in [0.1, 0.15) is 42.9 Å². The number of nitrogens with zero attached hydrogens (tertiary/aromatic N) is 1. The Bertz CT molecular complexity index is 1010.